The van der Waals surface area contributed by atoms with E-state index in [-0.39, 0.29) is 5.91 Å². The van der Waals surface area contributed by atoms with Crippen molar-refractivity contribution in [2.24, 2.45) is 0 Å². The van der Waals surface area contributed by atoms with Crippen molar-refractivity contribution in [2.45, 2.75) is 13.5 Å². The molecule has 0 saturated heterocycles. The zero-order chi connectivity index (χ0) is 19.5. The second kappa shape index (κ2) is 7.52. The van der Waals surface area contributed by atoms with Crippen LogP contribution in [0.1, 0.15) is 21.9 Å². The van der Waals surface area contributed by atoms with Crippen LogP contribution in [0.25, 0.3) is 16.7 Å². The third-order valence-electron chi connectivity index (χ3n) is 4.57. The Bertz CT molecular complexity index is 1120. The van der Waals surface area contributed by atoms with Crippen molar-refractivity contribution < 1.29 is 9.53 Å². The molecule has 2 aromatic heterocycles. The van der Waals surface area contributed by atoms with Gasteiger partial charge in [0.2, 0.25) is 0 Å². The summed E-state index contributed by atoms with van der Waals surface area (Å²) < 4.78 is 7.29. The number of fused-ring (bicyclic) bond motifs is 1. The maximum Gasteiger partial charge on any atom is 0.251 e. The first-order chi connectivity index (χ1) is 13.7. The van der Waals surface area contributed by atoms with Crippen molar-refractivity contribution in [3.63, 3.8) is 0 Å². The molecule has 0 radical (unpaired) electrons. The van der Waals surface area contributed by atoms with Gasteiger partial charge >= 0.3 is 0 Å². The number of nitrogens with zero attached hydrogens (tertiary/aromatic N) is 3. The molecule has 0 unspecified atom stereocenters. The quantitative estimate of drug-likeness (QED) is 0.580. The fraction of sp³-hybridized carbons (Fsp3) is 0.136. The van der Waals surface area contributed by atoms with Gasteiger partial charge < -0.3 is 10.1 Å². The Morgan fingerprint density at radius 3 is 2.64 bits per heavy atom. The van der Waals surface area contributed by atoms with Gasteiger partial charge in [-0.1, -0.05) is 6.07 Å². The van der Waals surface area contributed by atoms with Crippen molar-refractivity contribution in [1.82, 2.24) is 19.9 Å². The first-order valence-electron chi connectivity index (χ1n) is 8.97. The molecule has 0 atom stereocenters. The van der Waals surface area contributed by atoms with Crippen LogP contribution in [0.15, 0.2) is 66.9 Å². The number of nitrogens with one attached hydrogen (secondary N) is 1. The molecule has 6 heteroatoms. The molecule has 0 aliphatic carbocycles. The highest BCUT2D eigenvalue weighted by atomic mass is 16.5. The standard InChI is InChI=1S/C22H20N4O2/c1-15-25-20-13-16(22(27)24-14-17-5-3-4-12-23-17)6-11-21(20)26(15)18-7-9-19(28-2)10-8-18/h3-13H,14H2,1-2H3,(H,24,27). The second-order valence-corrected chi connectivity index (χ2v) is 6.40. The van der Waals surface area contributed by atoms with E-state index in [1.54, 1.807) is 13.3 Å². The highest BCUT2D eigenvalue weighted by molar-refractivity contribution is 5.97. The maximum absolute atomic E-state index is 12.5. The third-order valence-corrected chi connectivity index (χ3v) is 4.57. The van der Waals surface area contributed by atoms with Crippen LogP contribution in [0, 0.1) is 6.92 Å². The van der Waals surface area contributed by atoms with Gasteiger partial charge in [-0.3, -0.25) is 14.3 Å². The molecule has 0 aliphatic rings. The minimum Gasteiger partial charge on any atom is -0.497 e. The highest BCUT2D eigenvalue weighted by Crippen LogP contribution is 2.24. The van der Waals surface area contributed by atoms with Crippen molar-refractivity contribution in [1.29, 1.82) is 0 Å². The molecule has 6 nitrogen and oxygen atoms in total. The summed E-state index contributed by atoms with van der Waals surface area (Å²) in [6.45, 7) is 2.34. The van der Waals surface area contributed by atoms with Crippen LogP contribution < -0.4 is 10.1 Å². The summed E-state index contributed by atoms with van der Waals surface area (Å²) in [5.74, 6) is 1.51. The molecular weight excluding hydrogens is 352 g/mol. The number of ether oxygens (including phenoxy) is 1. The van der Waals surface area contributed by atoms with Gasteiger partial charge in [-0.2, -0.15) is 0 Å². The summed E-state index contributed by atoms with van der Waals surface area (Å²) in [5, 5.41) is 2.90. The zero-order valence-corrected chi connectivity index (χ0v) is 15.7. The van der Waals surface area contributed by atoms with Crippen molar-refractivity contribution in [2.75, 3.05) is 7.11 Å². The van der Waals surface area contributed by atoms with E-state index in [0.717, 1.165) is 34.0 Å². The number of carbonyl (C=O) groups excluding carboxylic acids is 1. The number of hydrogen-bond donors (Lipinski definition) is 1. The van der Waals surface area contributed by atoms with Crippen molar-refractivity contribution in [3.05, 3.63) is 83.9 Å². The van der Waals surface area contributed by atoms with Gasteiger partial charge in [0, 0.05) is 17.4 Å². The molecule has 28 heavy (non-hydrogen) atoms. The first-order valence-corrected chi connectivity index (χ1v) is 8.97. The van der Waals surface area contributed by atoms with Crippen LogP contribution in [0.4, 0.5) is 0 Å². The van der Waals surface area contributed by atoms with Crippen LogP contribution in [-0.2, 0) is 6.54 Å². The minimum atomic E-state index is -0.149. The van der Waals surface area contributed by atoms with Gasteiger partial charge in [-0.05, 0) is 61.5 Å². The fourth-order valence-electron chi connectivity index (χ4n) is 3.17. The topological polar surface area (TPSA) is 69.0 Å². The molecule has 140 valence electrons. The Morgan fingerprint density at radius 2 is 1.93 bits per heavy atom. The molecular formula is C22H20N4O2. The van der Waals surface area contributed by atoms with Gasteiger partial charge in [0.05, 0.1) is 30.4 Å². The van der Waals surface area contributed by atoms with Gasteiger partial charge in [0.1, 0.15) is 11.6 Å². The van der Waals surface area contributed by atoms with Crippen LogP contribution in [0.5, 0.6) is 5.75 Å². The number of aryl methyl sites for hydroxylation is 1. The monoisotopic (exact) mass is 372 g/mol. The lowest BCUT2D eigenvalue weighted by Gasteiger charge is -2.08. The Kier molecular flexibility index (Phi) is 4.76. The van der Waals surface area contributed by atoms with Crippen LogP contribution in [0.3, 0.4) is 0 Å². The normalized spacial score (nSPS) is 10.8. The minimum absolute atomic E-state index is 0.149. The summed E-state index contributed by atoms with van der Waals surface area (Å²) in [6.07, 6.45) is 1.71. The van der Waals surface area contributed by atoms with Crippen molar-refractivity contribution in [3.8, 4) is 11.4 Å². The summed E-state index contributed by atoms with van der Waals surface area (Å²) >= 11 is 0. The molecule has 0 spiro atoms. The van der Waals surface area contributed by atoms with Gasteiger partial charge in [0.25, 0.3) is 5.91 Å². The van der Waals surface area contributed by atoms with E-state index in [1.807, 2.05) is 67.6 Å². The molecule has 1 amide bonds. The summed E-state index contributed by atoms with van der Waals surface area (Å²) in [4.78, 5) is 21.4. The predicted molar refractivity (Wildman–Crippen MR) is 108 cm³/mol. The number of rotatable bonds is 5. The second-order valence-electron chi connectivity index (χ2n) is 6.40. The van der Waals surface area contributed by atoms with Gasteiger partial charge in [0.15, 0.2) is 0 Å². The lowest BCUT2D eigenvalue weighted by Crippen LogP contribution is -2.23. The van der Waals surface area contributed by atoms with E-state index in [1.165, 1.54) is 0 Å². The van der Waals surface area contributed by atoms with E-state index in [2.05, 4.69) is 19.9 Å². The zero-order valence-electron chi connectivity index (χ0n) is 15.7. The molecule has 2 aromatic carbocycles. The Morgan fingerprint density at radius 1 is 1.11 bits per heavy atom. The molecule has 0 fully saturated rings. The van der Waals surface area contributed by atoms with Crippen LogP contribution in [-0.4, -0.2) is 27.6 Å². The maximum atomic E-state index is 12.5. The highest BCUT2D eigenvalue weighted by Gasteiger charge is 2.13. The van der Waals surface area contributed by atoms with Crippen LogP contribution >= 0.6 is 0 Å². The summed E-state index contributed by atoms with van der Waals surface area (Å²) in [7, 11) is 1.65. The molecule has 4 rings (SSSR count). The largest absolute Gasteiger partial charge is 0.497 e. The van der Waals surface area contributed by atoms with Crippen molar-refractivity contribution >= 4 is 16.9 Å². The van der Waals surface area contributed by atoms with E-state index in [9.17, 15) is 4.79 Å². The SMILES string of the molecule is COc1ccc(-n2c(C)nc3cc(C(=O)NCc4ccccn4)ccc32)cc1. The molecule has 0 bridgehead atoms. The molecule has 4 aromatic rings. The average Bonchev–Trinajstić information content (AvgIpc) is 3.07. The Balaban J connectivity index is 1.60. The molecule has 2 heterocycles. The number of imidazole rings is 1. The molecule has 1 N–H and O–H groups in total. The average molecular weight is 372 g/mol. The number of aromatic nitrogens is 3. The number of amides is 1. The van der Waals surface area contributed by atoms with E-state index < -0.39 is 0 Å². The number of benzene rings is 2. The molecule has 0 aliphatic heterocycles. The first kappa shape index (κ1) is 17.7. The van der Waals surface area contributed by atoms with E-state index in [0.29, 0.717) is 12.1 Å². The number of carbonyl (C=O) groups is 1. The lowest BCUT2D eigenvalue weighted by molar-refractivity contribution is 0.0950. The predicted octanol–water partition coefficient (Wildman–Crippen LogP) is 3.67. The Hall–Kier alpha value is -3.67. The molecule has 0 saturated carbocycles. The summed E-state index contributed by atoms with van der Waals surface area (Å²) in [5.41, 5.74) is 4.11. The number of pyridine rings is 1. The number of hydrogen-bond acceptors (Lipinski definition) is 4. The number of methoxy groups -OCH3 is 1. The third kappa shape index (κ3) is 3.44. The van der Waals surface area contributed by atoms with E-state index in [4.69, 9.17) is 4.74 Å². The lowest BCUT2D eigenvalue weighted by atomic mass is 10.2. The summed E-state index contributed by atoms with van der Waals surface area (Å²) in [6, 6.07) is 19.0. The fourth-order valence-corrected chi connectivity index (χ4v) is 3.17. The smallest absolute Gasteiger partial charge is 0.251 e. The van der Waals surface area contributed by atoms with Gasteiger partial charge in [-0.25, -0.2) is 4.98 Å². The van der Waals surface area contributed by atoms with Crippen LogP contribution in [0.2, 0.25) is 0 Å². The van der Waals surface area contributed by atoms with E-state index >= 15 is 0 Å². The Labute approximate surface area is 162 Å². The van der Waals surface area contributed by atoms with Gasteiger partial charge in [-0.15, -0.1) is 0 Å².